The maximum atomic E-state index is 10.4. The molecule has 0 saturated carbocycles. The number of hydrogen-bond donors (Lipinski definition) is 3. The van der Waals surface area contributed by atoms with Crippen LogP contribution in [0.1, 0.15) is 19.8 Å². The summed E-state index contributed by atoms with van der Waals surface area (Å²) in [7, 11) is 2.10. The van der Waals surface area contributed by atoms with Crippen molar-refractivity contribution in [1.82, 2.24) is 10.2 Å². The maximum absolute atomic E-state index is 10.4. The number of nitrogens with one attached hydrogen (secondary N) is 1. The molecule has 16 heavy (non-hydrogen) atoms. The van der Waals surface area contributed by atoms with Crippen molar-refractivity contribution in [3.8, 4) is 0 Å². The third-order valence-electron chi connectivity index (χ3n) is 3.13. The lowest BCUT2D eigenvalue weighted by atomic mass is 9.94. The Morgan fingerprint density at radius 3 is 2.88 bits per heavy atom. The summed E-state index contributed by atoms with van der Waals surface area (Å²) in [6.45, 7) is 4.64. The van der Waals surface area contributed by atoms with Crippen LogP contribution in [0.25, 0.3) is 0 Å². The van der Waals surface area contributed by atoms with Crippen LogP contribution in [0.5, 0.6) is 0 Å². The van der Waals surface area contributed by atoms with E-state index in [0.29, 0.717) is 18.5 Å². The Kier molecular flexibility index (Phi) is 5.18. The Balaban J connectivity index is 2.24. The van der Waals surface area contributed by atoms with Crippen LogP contribution in [-0.2, 0) is 4.79 Å². The first-order chi connectivity index (χ1) is 7.49. The quantitative estimate of drug-likeness (QED) is 0.607. The highest BCUT2D eigenvalue weighted by atomic mass is 16.4. The highest BCUT2D eigenvalue weighted by molar-refractivity contribution is 5.67. The molecule has 5 nitrogen and oxygen atoms in total. The first kappa shape index (κ1) is 13.4. The fraction of sp³-hybridized carbons (Fsp3) is 0.909. The van der Waals surface area contributed by atoms with Crippen LogP contribution < -0.4 is 5.32 Å². The molecular weight excluding hydrogens is 208 g/mol. The monoisotopic (exact) mass is 230 g/mol. The Bertz CT molecular complexity index is 235. The van der Waals surface area contributed by atoms with Crippen LogP contribution in [-0.4, -0.2) is 59.9 Å². The largest absolute Gasteiger partial charge is 0.481 e. The molecule has 0 radical (unpaired) electrons. The molecule has 1 heterocycles. The van der Waals surface area contributed by atoms with E-state index in [0.717, 1.165) is 19.5 Å². The minimum atomic E-state index is -0.953. The lowest BCUT2D eigenvalue weighted by molar-refractivity contribution is -0.139. The van der Waals surface area contributed by atoms with Crippen molar-refractivity contribution in [3.63, 3.8) is 0 Å². The molecule has 0 aromatic rings. The second-order valence-electron chi connectivity index (χ2n) is 4.79. The highest BCUT2D eigenvalue weighted by Crippen LogP contribution is 2.15. The zero-order valence-corrected chi connectivity index (χ0v) is 10.0. The summed E-state index contributed by atoms with van der Waals surface area (Å²) in [5.74, 6) is -0.415. The van der Waals surface area contributed by atoms with E-state index in [1.165, 1.54) is 0 Å². The number of piperidine rings is 1. The molecule has 1 saturated heterocycles. The van der Waals surface area contributed by atoms with Gasteiger partial charge in [0.25, 0.3) is 0 Å². The van der Waals surface area contributed by atoms with Crippen LogP contribution in [0.15, 0.2) is 0 Å². The maximum Gasteiger partial charge on any atom is 0.306 e. The van der Waals surface area contributed by atoms with Gasteiger partial charge < -0.3 is 20.4 Å². The fourth-order valence-corrected chi connectivity index (χ4v) is 2.22. The van der Waals surface area contributed by atoms with E-state index in [1.54, 1.807) is 0 Å². The van der Waals surface area contributed by atoms with Crippen molar-refractivity contribution in [2.24, 2.45) is 5.92 Å². The summed E-state index contributed by atoms with van der Waals surface area (Å²) in [6, 6.07) is 0.389. The predicted octanol–water partition coefficient (Wildman–Crippen LogP) is -0.248. The molecule has 3 atom stereocenters. The minimum Gasteiger partial charge on any atom is -0.481 e. The summed E-state index contributed by atoms with van der Waals surface area (Å²) in [5, 5.41) is 21.2. The predicted molar refractivity (Wildman–Crippen MR) is 61.3 cm³/mol. The molecule has 1 fully saturated rings. The van der Waals surface area contributed by atoms with Crippen LogP contribution in [0.2, 0.25) is 0 Å². The second-order valence-corrected chi connectivity index (χ2v) is 4.79. The number of carbonyl (C=O) groups is 1. The van der Waals surface area contributed by atoms with Crippen molar-refractivity contribution in [3.05, 3.63) is 0 Å². The van der Waals surface area contributed by atoms with Crippen molar-refractivity contribution in [2.75, 3.05) is 26.7 Å². The van der Waals surface area contributed by atoms with Gasteiger partial charge in [0.2, 0.25) is 0 Å². The van der Waals surface area contributed by atoms with Gasteiger partial charge in [-0.1, -0.05) is 6.92 Å². The summed E-state index contributed by atoms with van der Waals surface area (Å²) < 4.78 is 0. The van der Waals surface area contributed by atoms with Gasteiger partial charge >= 0.3 is 5.97 Å². The van der Waals surface area contributed by atoms with E-state index < -0.39 is 12.1 Å². The molecule has 94 valence electrons. The number of carboxylic acid groups (broad SMARTS) is 1. The fourth-order valence-electron chi connectivity index (χ4n) is 2.22. The molecule has 0 aliphatic carbocycles. The minimum absolute atomic E-state index is 0.187. The topological polar surface area (TPSA) is 72.8 Å². The first-order valence-corrected chi connectivity index (χ1v) is 5.81. The smallest absolute Gasteiger partial charge is 0.306 e. The second kappa shape index (κ2) is 6.18. The Labute approximate surface area is 96.4 Å². The van der Waals surface area contributed by atoms with Gasteiger partial charge in [0.15, 0.2) is 0 Å². The standard InChI is InChI=1S/C11H22N2O3/c1-8-7-13(2)4-3-10(8)12-6-9(14)5-11(15)16/h8-10,12,14H,3-7H2,1-2H3,(H,15,16). The number of carboxylic acids is 1. The normalized spacial score (nSPS) is 28.9. The highest BCUT2D eigenvalue weighted by Gasteiger charge is 2.24. The van der Waals surface area contributed by atoms with Gasteiger partial charge in [-0.25, -0.2) is 0 Å². The summed E-state index contributed by atoms with van der Waals surface area (Å²) in [4.78, 5) is 12.7. The van der Waals surface area contributed by atoms with Gasteiger partial charge in [0.05, 0.1) is 12.5 Å². The van der Waals surface area contributed by atoms with Gasteiger partial charge in [0, 0.05) is 19.1 Å². The summed E-state index contributed by atoms with van der Waals surface area (Å²) in [6.07, 6.45) is 0.0789. The van der Waals surface area contributed by atoms with Gasteiger partial charge in [0.1, 0.15) is 0 Å². The number of rotatable bonds is 5. The summed E-state index contributed by atoms with van der Waals surface area (Å²) >= 11 is 0. The molecule has 0 bridgehead atoms. The van der Waals surface area contributed by atoms with Crippen LogP contribution in [0, 0.1) is 5.92 Å². The molecule has 1 aliphatic rings. The zero-order chi connectivity index (χ0) is 12.1. The van der Waals surface area contributed by atoms with Crippen LogP contribution in [0.4, 0.5) is 0 Å². The van der Waals surface area contributed by atoms with Gasteiger partial charge in [-0.2, -0.15) is 0 Å². The third-order valence-corrected chi connectivity index (χ3v) is 3.13. The van der Waals surface area contributed by atoms with E-state index in [2.05, 4.69) is 24.2 Å². The number of aliphatic carboxylic acids is 1. The van der Waals surface area contributed by atoms with E-state index >= 15 is 0 Å². The van der Waals surface area contributed by atoms with Crippen molar-refractivity contribution >= 4 is 5.97 Å². The van der Waals surface area contributed by atoms with E-state index in [9.17, 15) is 9.90 Å². The molecule has 3 unspecified atom stereocenters. The molecule has 5 heteroatoms. The average Bonchev–Trinajstić information content (AvgIpc) is 2.15. The van der Waals surface area contributed by atoms with Gasteiger partial charge in [-0.05, 0) is 25.9 Å². The molecule has 1 rings (SSSR count). The van der Waals surface area contributed by atoms with E-state index in [-0.39, 0.29) is 6.42 Å². The molecule has 1 aliphatic heterocycles. The lowest BCUT2D eigenvalue weighted by Crippen LogP contribution is -2.48. The van der Waals surface area contributed by atoms with Gasteiger partial charge in [-0.3, -0.25) is 4.79 Å². The lowest BCUT2D eigenvalue weighted by Gasteiger charge is -2.35. The van der Waals surface area contributed by atoms with E-state index in [1.807, 2.05) is 0 Å². The third kappa shape index (κ3) is 4.47. The Hall–Kier alpha value is -0.650. The molecule has 0 aromatic carbocycles. The summed E-state index contributed by atoms with van der Waals surface area (Å²) in [5.41, 5.74) is 0. The van der Waals surface area contributed by atoms with Crippen LogP contribution >= 0.6 is 0 Å². The van der Waals surface area contributed by atoms with Crippen molar-refractivity contribution < 1.29 is 15.0 Å². The molecule has 0 amide bonds. The zero-order valence-electron chi connectivity index (χ0n) is 10.0. The number of nitrogens with zero attached hydrogens (tertiary/aromatic N) is 1. The number of aliphatic hydroxyl groups excluding tert-OH is 1. The molecule has 0 spiro atoms. The van der Waals surface area contributed by atoms with E-state index in [4.69, 9.17) is 5.11 Å². The number of aliphatic hydroxyl groups is 1. The average molecular weight is 230 g/mol. The number of hydrogen-bond acceptors (Lipinski definition) is 4. The number of likely N-dealkylation sites (tertiary alicyclic amines) is 1. The molecule has 0 aromatic heterocycles. The van der Waals surface area contributed by atoms with Crippen molar-refractivity contribution in [1.29, 1.82) is 0 Å². The Morgan fingerprint density at radius 2 is 2.31 bits per heavy atom. The van der Waals surface area contributed by atoms with Crippen LogP contribution in [0.3, 0.4) is 0 Å². The molecule has 3 N–H and O–H groups in total. The SMILES string of the molecule is CC1CN(C)CCC1NCC(O)CC(=O)O. The van der Waals surface area contributed by atoms with Crippen molar-refractivity contribution in [2.45, 2.75) is 31.9 Å². The van der Waals surface area contributed by atoms with Gasteiger partial charge in [-0.15, -0.1) is 0 Å². The first-order valence-electron chi connectivity index (χ1n) is 5.81. The molecular formula is C11H22N2O3. The Morgan fingerprint density at radius 1 is 1.62 bits per heavy atom.